The zero-order valence-corrected chi connectivity index (χ0v) is 11.5. The highest BCUT2D eigenvalue weighted by Gasteiger charge is 2.12. The number of carbonyl (C=O) groups excluding carboxylic acids is 1. The van der Waals surface area contributed by atoms with Gasteiger partial charge in [0.1, 0.15) is 0 Å². The van der Waals surface area contributed by atoms with Crippen LogP contribution in [0.2, 0.25) is 0 Å². The number of hydrogen-bond acceptors (Lipinski definition) is 3. The predicted octanol–water partition coefficient (Wildman–Crippen LogP) is 1.88. The first kappa shape index (κ1) is 14.5. The maximum Gasteiger partial charge on any atom is 0.404 e. The topological polar surface area (TPSA) is 91.3 Å². The van der Waals surface area contributed by atoms with Crippen molar-refractivity contribution in [1.82, 2.24) is 15.6 Å². The molecule has 2 aromatic rings. The van der Waals surface area contributed by atoms with Crippen molar-refractivity contribution in [3.05, 3.63) is 48.2 Å². The summed E-state index contributed by atoms with van der Waals surface area (Å²) in [6.07, 6.45) is 0.435. The number of amides is 2. The summed E-state index contributed by atoms with van der Waals surface area (Å²) in [6.45, 7) is 3.97. The maximum absolute atomic E-state index is 11.9. The van der Waals surface area contributed by atoms with Crippen LogP contribution < -0.4 is 10.6 Å². The Morgan fingerprint density at radius 3 is 2.71 bits per heavy atom. The summed E-state index contributed by atoms with van der Waals surface area (Å²) in [5.74, 6) is -0.200. The third-order valence-corrected chi connectivity index (χ3v) is 3.08. The van der Waals surface area contributed by atoms with Crippen molar-refractivity contribution in [2.45, 2.75) is 0 Å². The third-order valence-electron chi connectivity index (χ3n) is 3.08. The Morgan fingerprint density at radius 2 is 2.05 bits per heavy atom. The van der Waals surface area contributed by atoms with Gasteiger partial charge in [0.25, 0.3) is 5.91 Å². The van der Waals surface area contributed by atoms with E-state index < -0.39 is 6.09 Å². The van der Waals surface area contributed by atoms with Gasteiger partial charge in [-0.15, -0.1) is 0 Å². The van der Waals surface area contributed by atoms with E-state index in [1.165, 1.54) is 0 Å². The van der Waals surface area contributed by atoms with E-state index in [1.54, 1.807) is 37.5 Å². The van der Waals surface area contributed by atoms with Crippen LogP contribution in [0.15, 0.2) is 37.0 Å². The third kappa shape index (κ3) is 3.00. The monoisotopic (exact) mass is 285 g/mol. The molecule has 0 fully saturated rings. The number of nitrogens with zero attached hydrogens (tertiary/aromatic N) is 1. The highest BCUT2D eigenvalue weighted by atomic mass is 16.4. The Hall–Kier alpha value is -2.89. The molecule has 0 atom stereocenters. The lowest BCUT2D eigenvalue weighted by Crippen LogP contribution is -2.22. The molecule has 0 saturated heterocycles. The fourth-order valence-corrected chi connectivity index (χ4v) is 2.07. The molecule has 0 radical (unpaired) electrons. The van der Waals surface area contributed by atoms with Gasteiger partial charge in [0.15, 0.2) is 0 Å². The Balaban J connectivity index is 2.49. The van der Waals surface area contributed by atoms with Crippen LogP contribution in [-0.2, 0) is 0 Å². The number of benzene rings is 1. The summed E-state index contributed by atoms with van der Waals surface area (Å²) in [4.78, 5) is 26.7. The van der Waals surface area contributed by atoms with Crippen molar-refractivity contribution >= 4 is 28.5 Å². The van der Waals surface area contributed by atoms with Gasteiger partial charge in [0.05, 0.1) is 11.1 Å². The Kier molecular flexibility index (Phi) is 4.18. The van der Waals surface area contributed by atoms with Crippen LogP contribution in [0.4, 0.5) is 4.79 Å². The lowest BCUT2D eigenvalue weighted by Gasteiger charge is -2.11. The fourth-order valence-electron chi connectivity index (χ4n) is 2.07. The van der Waals surface area contributed by atoms with Gasteiger partial charge in [0, 0.05) is 30.7 Å². The van der Waals surface area contributed by atoms with E-state index >= 15 is 0 Å². The SMILES string of the molecule is C=C(CNC(=O)O)c1cccc2c(C(=O)NC)ccnc12. The molecule has 0 aliphatic carbocycles. The van der Waals surface area contributed by atoms with Crippen molar-refractivity contribution in [3.63, 3.8) is 0 Å². The van der Waals surface area contributed by atoms with Crippen molar-refractivity contribution in [2.24, 2.45) is 0 Å². The number of para-hydroxylation sites is 1. The molecule has 21 heavy (non-hydrogen) atoms. The van der Waals surface area contributed by atoms with Crippen molar-refractivity contribution < 1.29 is 14.7 Å². The number of aromatic nitrogens is 1. The molecule has 1 heterocycles. The first-order valence-electron chi connectivity index (χ1n) is 6.29. The molecule has 0 saturated carbocycles. The van der Waals surface area contributed by atoms with E-state index in [0.29, 0.717) is 27.6 Å². The minimum atomic E-state index is -1.12. The molecular formula is C15H15N3O3. The number of pyridine rings is 1. The van der Waals surface area contributed by atoms with E-state index in [-0.39, 0.29) is 12.5 Å². The fraction of sp³-hybridized carbons (Fsp3) is 0.133. The number of carbonyl (C=O) groups is 2. The van der Waals surface area contributed by atoms with Crippen molar-refractivity contribution in [2.75, 3.05) is 13.6 Å². The van der Waals surface area contributed by atoms with Crippen LogP contribution in [0.1, 0.15) is 15.9 Å². The minimum Gasteiger partial charge on any atom is -0.465 e. The van der Waals surface area contributed by atoms with Gasteiger partial charge in [-0.1, -0.05) is 24.8 Å². The van der Waals surface area contributed by atoms with Gasteiger partial charge in [-0.3, -0.25) is 9.78 Å². The Labute approximate surface area is 121 Å². The Morgan fingerprint density at radius 1 is 1.29 bits per heavy atom. The van der Waals surface area contributed by atoms with Crippen LogP contribution in [-0.4, -0.2) is 35.7 Å². The van der Waals surface area contributed by atoms with E-state index in [4.69, 9.17) is 5.11 Å². The second-order valence-corrected chi connectivity index (χ2v) is 4.40. The van der Waals surface area contributed by atoms with Crippen LogP contribution >= 0.6 is 0 Å². The van der Waals surface area contributed by atoms with Crippen LogP contribution in [0.5, 0.6) is 0 Å². The summed E-state index contributed by atoms with van der Waals surface area (Å²) in [6, 6.07) is 7.03. The van der Waals surface area contributed by atoms with Crippen LogP contribution in [0, 0.1) is 0 Å². The number of nitrogens with one attached hydrogen (secondary N) is 2. The van der Waals surface area contributed by atoms with E-state index in [9.17, 15) is 9.59 Å². The summed E-state index contributed by atoms with van der Waals surface area (Å²) >= 11 is 0. The summed E-state index contributed by atoms with van der Waals surface area (Å²) in [7, 11) is 1.56. The van der Waals surface area contributed by atoms with Gasteiger partial charge < -0.3 is 15.7 Å². The zero-order valence-electron chi connectivity index (χ0n) is 11.5. The zero-order chi connectivity index (χ0) is 15.4. The molecule has 0 aliphatic heterocycles. The van der Waals surface area contributed by atoms with Crippen LogP contribution in [0.25, 0.3) is 16.5 Å². The predicted molar refractivity (Wildman–Crippen MR) is 80.2 cm³/mol. The summed E-state index contributed by atoms with van der Waals surface area (Å²) < 4.78 is 0. The Bertz CT molecular complexity index is 725. The molecule has 6 heteroatoms. The second kappa shape index (κ2) is 6.04. The number of rotatable bonds is 4. The molecule has 0 unspecified atom stereocenters. The van der Waals surface area contributed by atoms with Gasteiger partial charge in [-0.05, 0) is 11.6 Å². The van der Waals surface area contributed by atoms with E-state index in [0.717, 1.165) is 0 Å². The molecule has 108 valence electrons. The number of fused-ring (bicyclic) bond motifs is 1. The van der Waals surface area contributed by atoms with Gasteiger partial charge in [-0.2, -0.15) is 0 Å². The van der Waals surface area contributed by atoms with Crippen LogP contribution in [0.3, 0.4) is 0 Å². The average molecular weight is 285 g/mol. The molecule has 0 aliphatic rings. The van der Waals surface area contributed by atoms with E-state index in [2.05, 4.69) is 22.2 Å². The highest BCUT2D eigenvalue weighted by molar-refractivity contribution is 6.07. The molecule has 1 aromatic carbocycles. The van der Waals surface area contributed by atoms with Gasteiger partial charge in [-0.25, -0.2) is 4.79 Å². The van der Waals surface area contributed by atoms with Crippen molar-refractivity contribution in [1.29, 1.82) is 0 Å². The lowest BCUT2D eigenvalue weighted by molar-refractivity contribution is 0.0964. The molecule has 2 rings (SSSR count). The lowest BCUT2D eigenvalue weighted by atomic mass is 10.00. The second-order valence-electron chi connectivity index (χ2n) is 4.40. The largest absolute Gasteiger partial charge is 0.465 e. The molecule has 2 amide bonds. The first-order chi connectivity index (χ1) is 10.0. The molecule has 3 N–H and O–H groups in total. The summed E-state index contributed by atoms with van der Waals surface area (Å²) in [5.41, 5.74) is 2.44. The maximum atomic E-state index is 11.9. The normalized spacial score (nSPS) is 10.1. The molecule has 0 spiro atoms. The highest BCUT2D eigenvalue weighted by Crippen LogP contribution is 2.24. The first-order valence-corrected chi connectivity index (χ1v) is 6.29. The van der Waals surface area contributed by atoms with Gasteiger partial charge in [0.2, 0.25) is 0 Å². The molecule has 6 nitrogen and oxygen atoms in total. The molecule has 0 bridgehead atoms. The average Bonchev–Trinajstić information content (AvgIpc) is 2.50. The van der Waals surface area contributed by atoms with Crippen molar-refractivity contribution in [3.8, 4) is 0 Å². The quantitative estimate of drug-likeness (QED) is 0.799. The van der Waals surface area contributed by atoms with Gasteiger partial charge >= 0.3 is 6.09 Å². The smallest absolute Gasteiger partial charge is 0.404 e. The molecular weight excluding hydrogens is 270 g/mol. The number of hydrogen-bond donors (Lipinski definition) is 3. The molecule has 1 aromatic heterocycles. The standard InChI is InChI=1S/C15H15N3O3/c1-9(8-18-15(20)21)10-4-3-5-11-12(14(19)16-2)6-7-17-13(10)11/h3-7,18H,1,8H2,2H3,(H,16,19)(H,20,21). The summed E-state index contributed by atoms with van der Waals surface area (Å²) in [5, 5.41) is 14.2. The minimum absolute atomic E-state index is 0.0975. The van der Waals surface area contributed by atoms with E-state index in [1.807, 2.05) is 0 Å². The number of carboxylic acid groups (broad SMARTS) is 1.